The minimum Gasteiger partial charge on any atom is -0.342 e. The number of hydrogen-bond donors (Lipinski definition) is 2. The van der Waals surface area contributed by atoms with Crippen LogP contribution in [0.3, 0.4) is 0 Å². The van der Waals surface area contributed by atoms with Crippen molar-refractivity contribution in [3.05, 3.63) is 34.9 Å². The molecular weight excluding hydrogens is 330 g/mol. The van der Waals surface area contributed by atoms with Gasteiger partial charge in [-0.3, -0.25) is 15.6 Å². The summed E-state index contributed by atoms with van der Waals surface area (Å²) in [4.78, 5) is 14.3. The lowest BCUT2D eigenvalue weighted by Gasteiger charge is -2.33. The fourth-order valence-corrected chi connectivity index (χ4v) is 4.41. The third-order valence-electron chi connectivity index (χ3n) is 4.70. The van der Waals surface area contributed by atoms with Gasteiger partial charge in [-0.15, -0.1) is 11.8 Å². The highest BCUT2D eigenvalue weighted by molar-refractivity contribution is 7.99. The first kappa shape index (κ1) is 18.6. The van der Waals surface area contributed by atoms with Crippen LogP contribution in [-0.4, -0.2) is 41.7 Å². The summed E-state index contributed by atoms with van der Waals surface area (Å²) in [5.41, 5.74) is 7.59. The van der Waals surface area contributed by atoms with E-state index in [1.54, 1.807) is 11.8 Å². The maximum absolute atomic E-state index is 12.5. The van der Waals surface area contributed by atoms with Gasteiger partial charge in [0.05, 0.1) is 5.75 Å². The van der Waals surface area contributed by atoms with E-state index in [0.717, 1.165) is 16.3 Å². The lowest BCUT2D eigenvalue weighted by atomic mass is 9.89. The molecule has 0 aromatic heterocycles. The summed E-state index contributed by atoms with van der Waals surface area (Å²) in [6, 6.07) is 8.68. The van der Waals surface area contributed by atoms with Crippen molar-refractivity contribution in [1.82, 2.24) is 15.8 Å². The lowest BCUT2D eigenvalue weighted by Crippen LogP contribution is -2.46. The van der Waals surface area contributed by atoms with Crippen molar-refractivity contribution >= 4 is 29.3 Å². The van der Waals surface area contributed by atoms with E-state index in [-0.39, 0.29) is 11.9 Å². The van der Waals surface area contributed by atoms with Gasteiger partial charge in [0.25, 0.3) is 0 Å². The first-order valence-electron chi connectivity index (χ1n) is 7.99. The molecule has 1 aromatic rings. The number of hydrogen-bond acceptors (Lipinski definition) is 4. The molecule has 6 heteroatoms. The first-order valence-corrected chi connectivity index (χ1v) is 9.53. The van der Waals surface area contributed by atoms with Gasteiger partial charge in [-0.1, -0.05) is 29.8 Å². The van der Waals surface area contributed by atoms with Crippen LogP contribution in [0.4, 0.5) is 0 Å². The Balaban J connectivity index is 1.84. The molecule has 1 heterocycles. The maximum atomic E-state index is 12.5. The molecule has 1 saturated heterocycles. The van der Waals surface area contributed by atoms with Crippen LogP contribution in [0.2, 0.25) is 5.02 Å². The Morgan fingerprint density at radius 1 is 1.30 bits per heavy atom. The zero-order valence-electron chi connectivity index (χ0n) is 14.2. The van der Waals surface area contributed by atoms with E-state index in [0.29, 0.717) is 23.8 Å². The number of benzene rings is 1. The molecule has 2 N–H and O–H groups in total. The number of nitrogens with zero attached hydrogens (tertiary/aromatic N) is 1. The molecular formula is C17H26ClN3OS. The largest absolute Gasteiger partial charge is 0.342 e. The minimum atomic E-state index is 0.167. The molecule has 3 unspecified atom stereocenters. The standard InChI is InChI=1S/C17H26ClN3OS/c1-11-17(12(2)20-19-11)13(3)21(4)16(22)10-23-9-14-7-5-6-8-15(14)18/h5-8,11-13,17,19-20H,9-10H2,1-4H3. The third-order valence-corrected chi connectivity index (χ3v) is 6.03. The summed E-state index contributed by atoms with van der Waals surface area (Å²) in [6.07, 6.45) is 0. The van der Waals surface area contributed by atoms with Gasteiger partial charge in [0.1, 0.15) is 0 Å². The van der Waals surface area contributed by atoms with Crippen LogP contribution < -0.4 is 10.9 Å². The second-order valence-corrected chi connectivity index (χ2v) is 7.67. The fourth-order valence-electron chi connectivity index (χ4n) is 3.17. The van der Waals surface area contributed by atoms with Crippen molar-refractivity contribution in [2.75, 3.05) is 12.8 Å². The molecule has 0 aliphatic carbocycles. The van der Waals surface area contributed by atoms with E-state index >= 15 is 0 Å². The van der Waals surface area contributed by atoms with Crippen molar-refractivity contribution in [1.29, 1.82) is 0 Å². The van der Waals surface area contributed by atoms with Crippen LogP contribution in [0.25, 0.3) is 0 Å². The number of thioether (sulfide) groups is 1. The second-order valence-electron chi connectivity index (χ2n) is 6.27. The van der Waals surface area contributed by atoms with Gasteiger partial charge >= 0.3 is 0 Å². The quantitative estimate of drug-likeness (QED) is 0.823. The van der Waals surface area contributed by atoms with Crippen LogP contribution in [0.1, 0.15) is 26.3 Å². The Bertz CT molecular complexity index is 532. The lowest BCUT2D eigenvalue weighted by molar-refractivity contribution is -0.129. The molecule has 1 fully saturated rings. The molecule has 3 atom stereocenters. The Morgan fingerprint density at radius 3 is 2.52 bits per heavy atom. The number of amides is 1. The molecule has 4 nitrogen and oxygen atoms in total. The zero-order chi connectivity index (χ0) is 17.0. The molecule has 0 saturated carbocycles. The van der Waals surface area contributed by atoms with Crippen LogP contribution in [0.15, 0.2) is 24.3 Å². The van der Waals surface area contributed by atoms with E-state index in [2.05, 4.69) is 31.6 Å². The molecule has 23 heavy (non-hydrogen) atoms. The van der Waals surface area contributed by atoms with E-state index in [1.807, 2.05) is 36.2 Å². The van der Waals surface area contributed by atoms with Crippen LogP contribution in [0.5, 0.6) is 0 Å². The SMILES string of the molecule is CC1NNC(C)C1C(C)N(C)C(=O)CSCc1ccccc1Cl. The van der Waals surface area contributed by atoms with Gasteiger partial charge in [-0.2, -0.15) is 0 Å². The molecule has 2 rings (SSSR count). The van der Waals surface area contributed by atoms with Gasteiger partial charge in [-0.25, -0.2) is 0 Å². The summed E-state index contributed by atoms with van der Waals surface area (Å²) in [5.74, 6) is 1.80. The minimum absolute atomic E-state index is 0.167. The molecule has 1 aliphatic heterocycles. The average molecular weight is 356 g/mol. The fraction of sp³-hybridized carbons (Fsp3) is 0.588. The van der Waals surface area contributed by atoms with Crippen molar-refractivity contribution in [2.45, 2.75) is 44.6 Å². The molecule has 1 aliphatic rings. The predicted octanol–water partition coefficient (Wildman–Crippen LogP) is 2.92. The smallest absolute Gasteiger partial charge is 0.232 e. The molecule has 0 bridgehead atoms. The Morgan fingerprint density at radius 2 is 1.91 bits per heavy atom. The Labute approximate surface area is 148 Å². The van der Waals surface area contributed by atoms with Gasteiger partial charge in [0, 0.05) is 41.9 Å². The average Bonchev–Trinajstić information content (AvgIpc) is 2.86. The van der Waals surface area contributed by atoms with Crippen molar-refractivity contribution < 1.29 is 4.79 Å². The number of nitrogens with one attached hydrogen (secondary N) is 2. The van der Waals surface area contributed by atoms with Gasteiger partial charge in [0.15, 0.2) is 0 Å². The number of halogens is 1. The number of carbonyl (C=O) groups excluding carboxylic acids is 1. The summed E-state index contributed by atoms with van der Waals surface area (Å²) in [5, 5.41) is 0.764. The summed E-state index contributed by atoms with van der Waals surface area (Å²) in [6.45, 7) is 6.44. The van der Waals surface area contributed by atoms with E-state index in [9.17, 15) is 4.79 Å². The van der Waals surface area contributed by atoms with E-state index < -0.39 is 0 Å². The monoisotopic (exact) mass is 355 g/mol. The number of rotatable bonds is 6. The van der Waals surface area contributed by atoms with Gasteiger partial charge in [-0.05, 0) is 32.4 Å². The molecule has 0 spiro atoms. The van der Waals surface area contributed by atoms with Gasteiger partial charge < -0.3 is 4.90 Å². The maximum Gasteiger partial charge on any atom is 0.232 e. The van der Waals surface area contributed by atoms with Crippen LogP contribution >= 0.6 is 23.4 Å². The second kappa shape index (κ2) is 8.38. The third kappa shape index (κ3) is 4.63. The summed E-state index contributed by atoms with van der Waals surface area (Å²) < 4.78 is 0. The number of hydrazine groups is 1. The zero-order valence-corrected chi connectivity index (χ0v) is 15.7. The highest BCUT2D eigenvalue weighted by Gasteiger charge is 2.36. The van der Waals surface area contributed by atoms with Crippen molar-refractivity contribution in [3.63, 3.8) is 0 Å². The normalized spacial score (nSPS) is 25.3. The van der Waals surface area contributed by atoms with Crippen LogP contribution in [0, 0.1) is 5.92 Å². The molecule has 1 aromatic carbocycles. The van der Waals surface area contributed by atoms with Crippen molar-refractivity contribution in [2.24, 2.45) is 5.92 Å². The number of carbonyl (C=O) groups is 1. The van der Waals surface area contributed by atoms with Crippen LogP contribution in [-0.2, 0) is 10.5 Å². The van der Waals surface area contributed by atoms with Crippen molar-refractivity contribution in [3.8, 4) is 0 Å². The highest BCUT2D eigenvalue weighted by Crippen LogP contribution is 2.24. The molecule has 1 amide bonds. The first-order chi connectivity index (χ1) is 10.9. The highest BCUT2D eigenvalue weighted by atomic mass is 35.5. The molecule has 0 radical (unpaired) electrons. The van der Waals surface area contributed by atoms with E-state index in [4.69, 9.17) is 11.6 Å². The topological polar surface area (TPSA) is 44.4 Å². The summed E-state index contributed by atoms with van der Waals surface area (Å²) >= 11 is 7.76. The van der Waals surface area contributed by atoms with Gasteiger partial charge in [0.2, 0.25) is 5.91 Å². The predicted molar refractivity (Wildman–Crippen MR) is 98.5 cm³/mol. The molecule has 128 valence electrons. The Hall–Kier alpha value is -0.750. The Kier molecular flexibility index (Phi) is 6.77. The van der Waals surface area contributed by atoms with E-state index in [1.165, 1.54) is 0 Å². The summed E-state index contributed by atoms with van der Waals surface area (Å²) in [7, 11) is 1.90.